The van der Waals surface area contributed by atoms with Crippen molar-refractivity contribution in [1.82, 2.24) is 0 Å². The van der Waals surface area contributed by atoms with E-state index in [4.69, 9.17) is 18.9 Å². The Morgan fingerprint density at radius 1 is 0.944 bits per heavy atom. The maximum absolute atomic E-state index is 5.61. The van der Waals surface area contributed by atoms with E-state index >= 15 is 0 Å². The van der Waals surface area contributed by atoms with Crippen molar-refractivity contribution in [2.75, 3.05) is 26.9 Å². The van der Waals surface area contributed by atoms with Gasteiger partial charge >= 0.3 is 0 Å². The van der Waals surface area contributed by atoms with Gasteiger partial charge in [0.1, 0.15) is 11.5 Å². The van der Waals surface area contributed by atoms with Crippen LogP contribution in [0.4, 0.5) is 0 Å². The number of benzene rings is 1. The third-order valence-electron chi connectivity index (χ3n) is 2.39. The van der Waals surface area contributed by atoms with Crippen LogP contribution in [0.3, 0.4) is 0 Å². The van der Waals surface area contributed by atoms with E-state index in [2.05, 4.69) is 0 Å². The van der Waals surface area contributed by atoms with Gasteiger partial charge in [0.25, 0.3) is 0 Å². The van der Waals surface area contributed by atoms with E-state index in [0.717, 1.165) is 11.5 Å². The fourth-order valence-electron chi connectivity index (χ4n) is 1.53. The monoisotopic (exact) mass is 254 g/mol. The molecular formula is C14H22O4. The normalized spacial score (nSPS) is 10.7. The summed E-state index contributed by atoms with van der Waals surface area (Å²) in [6.45, 7) is 5.77. The Balaban J connectivity index is 2.30. The van der Waals surface area contributed by atoms with Gasteiger partial charge in [-0.25, -0.2) is 0 Å². The van der Waals surface area contributed by atoms with Gasteiger partial charge in [-0.15, -0.1) is 0 Å². The summed E-state index contributed by atoms with van der Waals surface area (Å²) >= 11 is 0. The third kappa shape index (κ3) is 5.38. The van der Waals surface area contributed by atoms with Crippen molar-refractivity contribution in [3.8, 4) is 11.5 Å². The SMILES string of the molecule is CCOC(CCOc1ccc(OC)cc1)OCC. The van der Waals surface area contributed by atoms with Gasteiger partial charge in [0.15, 0.2) is 6.29 Å². The number of methoxy groups -OCH3 is 1. The molecule has 1 rings (SSSR count). The van der Waals surface area contributed by atoms with Crippen LogP contribution in [0.5, 0.6) is 11.5 Å². The predicted molar refractivity (Wildman–Crippen MR) is 70.1 cm³/mol. The topological polar surface area (TPSA) is 36.9 Å². The molecule has 0 aliphatic rings. The first kappa shape index (κ1) is 14.8. The highest BCUT2D eigenvalue weighted by Gasteiger charge is 2.07. The number of rotatable bonds is 9. The molecule has 0 atom stereocenters. The van der Waals surface area contributed by atoms with Crippen LogP contribution in [0.2, 0.25) is 0 Å². The van der Waals surface area contributed by atoms with Gasteiger partial charge < -0.3 is 18.9 Å². The van der Waals surface area contributed by atoms with Crippen LogP contribution < -0.4 is 9.47 Å². The van der Waals surface area contributed by atoms with Crippen molar-refractivity contribution in [1.29, 1.82) is 0 Å². The van der Waals surface area contributed by atoms with Gasteiger partial charge in [-0.05, 0) is 38.1 Å². The highest BCUT2D eigenvalue weighted by atomic mass is 16.7. The highest BCUT2D eigenvalue weighted by molar-refractivity contribution is 5.31. The quantitative estimate of drug-likeness (QED) is 0.635. The molecule has 4 heteroatoms. The summed E-state index contributed by atoms with van der Waals surface area (Å²) in [4.78, 5) is 0. The Morgan fingerprint density at radius 2 is 1.50 bits per heavy atom. The second-order valence-electron chi connectivity index (χ2n) is 3.65. The van der Waals surface area contributed by atoms with Crippen LogP contribution in [-0.2, 0) is 9.47 Å². The van der Waals surface area contributed by atoms with Crippen LogP contribution in [0.15, 0.2) is 24.3 Å². The molecule has 0 saturated carbocycles. The first-order valence-electron chi connectivity index (χ1n) is 6.30. The number of hydrogen-bond acceptors (Lipinski definition) is 4. The summed E-state index contributed by atoms with van der Waals surface area (Å²) in [6, 6.07) is 7.51. The van der Waals surface area contributed by atoms with Gasteiger partial charge in [0.05, 0.1) is 13.7 Å². The Labute approximate surface area is 109 Å². The number of hydrogen-bond donors (Lipinski definition) is 0. The first-order chi connectivity index (χ1) is 8.80. The molecule has 18 heavy (non-hydrogen) atoms. The molecular weight excluding hydrogens is 232 g/mol. The van der Waals surface area contributed by atoms with E-state index < -0.39 is 0 Å². The summed E-state index contributed by atoms with van der Waals surface area (Å²) in [5.41, 5.74) is 0. The van der Waals surface area contributed by atoms with Gasteiger partial charge in [-0.2, -0.15) is 0 Å². The molecule has 0 heterocycles. The van der Waals surface area contributed by atoms with E-state index in [1.807, 2.05) is 38.1 Å². The van der Waals surface area contributed by atoms with E-state index in [-0.39, 0.29) is 6.29 Å². The molecule has 0 aliphatic heterocycles. The average Bonchev–Trinajstić information content (AvgIpc) is 2.40. The molecule has 0 aromatic heterocycles. The summed E-state index contributed by atoms with van der Waals surface area (Å²) in [5, 5.41) is 0. The summed E-state index contributed by atoms with van der Waals surface area (Å²) in [5.74, 6) is 1.64. The van der Waals surface area contributed by atoms with E-state index in [1.54, 1.807) is 7.11 Å². The van der Waals surface area contributed by atoms with Crippen molar-refractivity contribution >= 4 is 0 Å². The van der Waals surface area contributed by atoms with Gasteiger partial charge in [0.2, 0.25) is 0 Å². The average molecular weight is 254 g/mol. The maximum atomic E-state index is 5.61. The first-order valence-corrected chi connectivity index (χ1v) is 6.30. The van der Waals surface area contributed by atoms with Crippen LogP contribution >= 0.6 is 0 Å². The van der Waals surface area contributed by atoms with E-state index in [0.29, 0.717) is 26.2 Å². The Morgan fingerprint density at radius 3 is 2.00 bits per heavy atom. The summed E-state index contributed by atoms with van der Waals surface area (Å²) in [7, 11) is 1.64. The van der Waals surface area contributed by atoms with Crippen LogP contribution in [0.25, 0.3) is 0 Å². The van der Waals surface area contributed by atoms with Crippen molar-refractivity contribution in [3.63, 3.8) is 0 Å². The lowest BCUT2D eigenvalue weighted by Crippen LogP contribution is -2.20. The fourth-order valence-corrected chi connectivity index (χ4v) is 1.53. The molecule has 4 nitrogen and oxygen atoms in total. The lowest BCUT2D eigenvalue weighted by atomic mass is 10.3. The molecule has 0 amide bonds. The van der Waals surface area contributed by atoms with E-state index in [9.17, 15) is 0 Å². The van der Waals surface area contributed by atoms with Crippen molar-refractivity contribution in [2.45, 2.75) is 26.6 Å². The standard InChI is InChI=1S/C14H22O4/c1-4-16-14(17-5-2)10-11-18-13-8-6-12(15-3)7-9-13/h6-9,14H,4-5,10-11H2,1-3H3. The van der Waals surface area contributed by atoms with Crippen LogP contribution in [0, 0.1) is 0 Å². The van der Waals surface area contributed by atoms with Gasteiger partial charge in [0, 0.05) is 19.6 Å². The minimum absolute atomic E-state index is 0.182. The Bertz CT molecular complexity index is 304. The minimum atomic E-state index is -0.182. The second-order valence-corrected chi connectivity index (χ2v) is 3.65. The largest absolute Gasteiger partial charge is 0.497 e. The van der Waals surface area contributed by atoms with Gasteiger partial charge in [-0.3, -0.25) is 0 Å². The van der Waals surface area contributed by atoms with Crippen molar-refractivity contribution in [3.05, 3.63) is 24.3 Å². The predicted octanol–water partition coefficient (Wildman–Crippen LogP) is 2.86. The molecule has 0 N–H and O–H groups in total. The zero-order valence-electron chi connectivity index (χ0n) is 11.3. The summed E-state index contributed by atoms with van der Waals surface area (Å²) < 4.78 is 21.6. The molecule has 0 radical (unpaired) electrons. The van der Waals surface area contributed by atoms with Crippen molar-refractivity contribution < 1.29 is 18.9 Å². The summed E-state index contributed by atoms with van der Waals surface area (Å²) in [6.07, 6.45) is 0.534. The fraction of sp³-hybridized carbons (Fsp3) is 0.571. The molecule has 0 aliphatic carbocycles. The van der Waals surface area contributed by atoms with Crippen LogP contribution in [0.1, 0.15) is 20.3 Å². The zero-order valence-corrected chi connectivity index (χ0v) is 11.3. The molecule has 102 valence electrons. The molecule has 0 fully saturated rings. The molecule has 0 unspecified atom stereocenters. The van der Waals surface area contributed by atoms with Crippen LogP contribution in [-0.4, -0.2) is 33.2 Å². The smallest absolute Gasteiger partial charge is 0.160 e. The molecule has 1 aromatic carbocycles. The lowest BCUT2D eigenvalue weighted by molar-refractivity contribution is -0.142. The Hall–Kier alpha value is -1.26. The maximum Gasteiger partial charge on any atom is 0.160 e. The third-order valence-corrected chi connectivity index (χ3v) is 2.39. The molecule has 1 aromatic rings. The molecule has 0 spiro atoms. The zero-order chi connectivity index (χ0) is 13.2. The lowest BCUT2D eigenvalue weighted by Gasteiger charge is -2.17. The number of ether oxygens (including phenoxy) is 4. The highest BCUT2D eigenvalue weighted by Crippen LogP contribution is 2.17. The Kier molecular flexibility index (Phi) is 7.22. The minimum Gasteiger partial charge on any atom is -0.497 e. The second kappa shape index (κ2) is 8.78. The van der Waals surface area contributed by atoms with E-state index in [1.165, 1.54) is 0 Å². The van der Waals surface area contributed by atoms with Crippen molar-refractivity contribution in [2.24, 2.45) is 0 Å². The molecule has 0 bridgehead atoms. The van der Waals surface area contributed by atoms with Gasteiger partial charge in [-0.1, -0.05) is 0 Å². The molecule has 0 saturated heterocycles.